The fourth-order valence-corrected chi connectivity index (χ4v) is 2.01. The van der Waals surface area contributed by atoms with E-state index in [1.54, 1.807) is 24.3 Å². The number of ether oxygens (including phenoxy) is 3. The van der Waals surface area contributed by atoms with Crippen molar-refractivity contribution in [3.05, 3.63) is 78.9 Å². The molecule has 23 heavy (non-hydrogen) atoms. The zero-order valence-electron chi connectivity index (χ0n) is 12.4. The molecule has 0 atom stereocenters. The van der Waals surface area contributed by atoms with Crippen molar-refractivity contribution in [2.45, 2.75) is 0 Å². The Morgan fingerprint density at radius 1 is 0.522 bits per heavy atom. The molecule has 0 fully saturated rings. The van der Waals surface area contributed by atoms with Crippen molar-refractivity contribution >= 4 is 0 Å². The van der Waals surface area contributed by atoms with Crippen molar-refractivity contribution in [2.24, 2.45) is 0 Å². The predicted octanol–water partition coefficient (Wildman–Crippen LogP) is 4.60. The standard InChI is InChI=1S/C19H16O4/c20-14-21-15-6-8-17(9-7-15)23-19-12-10-18(11-13-19)22-16-4-2-1-3-5-16/h1-13,20H,14H2. The van der Waals surface area contributed by atoms with Crippen LogP contribution in [0.25, 0.3) is 0 Å². The molecule has 0 saturated heterocycles. The van der Waals surface area contributed by atoms with Crippen LogP contribution < -0.4 is 14.2 Å². The van der Waals surface area contributed by atoms with Gasteiger partial charge in [0.25, 0.3) is 0 Å². The highest BCUT2D eigenvalue weighted by Crippen LogP contribution is 2.27. The molecular weight excluding hydrogens is 292 g/mol. The number of para-hydroxylation sites is 1. The summed E-state index contributed by atoms with van der Waals surface area (Å²) in [5.74, 6) is 3.52. The third-order valence-corrected chi connectivity index (χ3v) is 3.09. The van der Waals surface area contributed by atoms with Gasteiger partial charge in [0.05, 0.1) is 0 Å². The minimum atomic E-state index is -0.344. The topological polar surface area (TPSA) is 47.9 Å². The Hall–Kier alpha value is -2.98. The third-order valence-electron chi connectivity index (χ3n) is 3.09. The summed E-state index contributed by atoms with van der Waals surface area (Å²) in [4.78, 5) is 0. The minimum Gasteiger partial charge on any atom is -0.468 e. The van der Waals surface area contributed by atoms with Gasteiger partial charge in [-0.1, -0.05) is 18.2 Å². The van der Waals surface area contributed by atoms with E-state index < -0.39 is 0 Å². The number of rotatable bonds is 6. The van der Waals surface area contributed by atoms with Gasteiger partial charge in [0.1, 0.15) is 28.7 Å². The molecule has 0 spiro atoms. The molecule has 0 heterocycles. The van der Waals surface area contributed by atoms with E-state index in [4.69, 9.17) is 19.3 Å². The van der Waals surface area contributed by atoms with E-state index in [-0.39, 0.29) is 6.79 Å². The molecule has 3 rings (SSSR count). The molecule has 3 aromatic rings. The van der Waals surface area contributed by atoms with Gasteiger partial charge in [-0.2, -0.15) is 0 Å². The Kier molecular flexibility index (Phi) is 4.76. The van der Waals surface area contributed by atoms with Gasteiger partial charge >= 0.3 is 0 Å². The van der Waals surface area contributed by atoms with Gasteiger partial charge in [0, 0.05) is 0 Å². The highest BCUT2D eigenvalue weighted by atomic mass is 16.6. The molecule has 4 heteroatoms. The quantitative estimate of drug-likeness (QED) is 0.676. The molecule has 0 aliphatic rings. The van der Waals surface area contributed by atoms with Crippen molar-refractivity contribution in [1.29, 1.82) is 0 Å². The van der Waals surface area contributed by atoms with Crippen molar-refractivity contribution in [3.8, 4) is 28.7 Å². The first-order valence-electron chi connectivity index (χ1n) is 7.18. The molecule has 1 N–H and O–H groups in total. The minimum absolute atomic E-state index is 0.344. The first-order valence-corrected chi connectivity index (χ1v) is 7.18. The SMILES string of the molecule is OCOc1ccc(Oc2ccc(Oc3ccccc3)cc2)cc1. The van der Waals surface area contributed by atoms with E-state index >= 15 is 0 Å². The highest BCUT2D eigenvalue weighted by molar-refractivity contribution is 5.39. The smallest absolute Gasteiger partial charge is 0.186 e. The lowest BCUT2D eigenvalue weighted by molar-refractivity contribution is 0.0985. The molecule has 0 bridgehead atoms. The van der Waals surface area contributed by atoms with Crippen LogP contribution in [-0.4, -0.2) is 11.9 Å². The first-order chi connectivity index (χ1) is 11.3. The van der Waals surface area contributed by atoms with Gasteiger partial charge in [-0.25, -0.2) is 0 Å². The van der Waals surface area contributed by atoms with Crippen LogP contribution in [0.1, 0.15) is 0 Å². The molecule has 0 amide bonds. The molecule has 0 aliphatic carbocycles. The average molecular weight is 308 g/mol. The molecule has 4 nitrogen and oxygen atoms in total. The molecule has 116 valence electrons. The van der Waals surface area contributed by atoms with Gasteiger partial charge < -0.3 is 19.3 Å². The summed E-state index contributed by atoms with van der Waals surface area (Å²) in [5.41, 5.74) is 0. The van der Waals surface area contributed by atoms with Crippen LogP contribution in [0.4, 0.5) is 0 Å². The van der Waals surface area contributed by atoms with E-state index in [2.05, 4.69) is 0 Å². The summed E-state index contributed by atoms with van der Waals surface area (Å²) >= 11 is 0. The normalized spacial score (nSPS) is 10.1. The fraction of sp³-hybridized carbons (Fsp3) is 0.0526. The summed E-state index contributed by atoms with van der Waals surface area (Å²) < 4.78 is 16.4. The van der Waals surface area contributed by atoms with E-state index in [0.717, 1.165) is 11.5 Å². The second-order valence-electron chi connectivity index (χ2n) is 4.73. The van der Waals surface area contributed by atoms with Crippen LogP contribution >= 0.6 is 0 Å². The van der Waals surface area contributed by atoms with Crippen LogP contribution in [0.15, 0.2) is 78.9 Å². The van der Waals surface area contributed by atoms with Crippen LogP contribution in [0.3, 0.4) is 0 Å². The van der Waals surface area contributed by atoms with Gasteiger partial charge in [-0.15, -0.1) is 0 Å². The molecule has 3 aromatic carbocycles. The van der Waals surface area contributed by atoms with Gasteiger partial charge in [0.15, 0.2) is 6.79 Å². The van der Waals surface area contributed by atoms with Crippen molar-refractivity contribution in [3.63, 3.8) is 0 Å². The van der Waals surface area contributed by atoms with Gasteiger partial charge in [-0.3, -0.25) is 0 Å². The summed E-state index contributed by atoms with van der Waals surface area (Å²) in [6, 6.07) is 24.0. The fourth-order valence-electron chi connectivity index (χ4n) is 2.01. The van der Waals surface area contributed by atoms with E-state index in [0.29, 0.717) is 17.2 Å². The molecule has 0 aromatic heterocycles. The molecular formula is C19H16O4. The Bertz CT molecular complexity index is 722. The van der Waals surface area contributed by atoms with Crippen LogP contribution in [0.5, 0.6) is 28.7 Å². The highest BCUT2D eigenvalue weighted by Gasteiger charge is 2.01. The number of aliphatic hydroxyl groups excluding tert-OH is 1. The second-order valence-corrected chi connectivity index (χ2v) is 4.73. The second kappa shape index (κ2) is 7.33. The maximum atomic E-state index is 8.69. The summed E-state index contributed by atoms with van der Waals surface area (Å²) in [6.07, 6.45) is 0. The zero-order valence-corrected chi connectivity index (χ0v) is 12.4. The molecule has 0 unspecified atom stereocenters. The largest absolute Gasteiger partial charge is 0.468 e. The Morgan fingerprint density at radius 3 is 1.35 bits per heavy atom. The Balaban J connectivity index is 1.63. The predicted molar refractivity (Wildman–Crippen MR) is 87.2 cm³/mol. The van der Waals surface area contributed by atoms with E-state index in [9.17, 15) is 0 Å². The summed E-state index contributed by atoms with van der Waals surface area (Å²) in [5, 5.41) is 8.69. The summed E-state index contributed by atoms with van der Waals surface area (Å²) in [7, 11) is 0. The zero-order chi connectivity index (χ0) is 15.9. The molecule has 0 radical (unpaired) electrons. The van der Waals surface area contributed by atoms with Crippen molar-refractivity contribution in [1.82, 2.24) is 0 Å². The van der Waals surface area contributed by atoms with Crippen LogP contribution in [0, 0.1) is 0 Å². The van der Waals surface area contributed by atoms with E-state index in [1.165, 1.54) is 0 Å². The number of hydrogen-bond donors (Lipinski definition) is 1. The lowest BCUT2D eigenvalue weighted by Crippen LogP contribution is -1.94. The van der Waals surface area contributed by atoms with Crippen molar-refractivity contribution in [2.75, 3.05) is 6.79 Å². The Morgan fingerprint density at radius 2 is 0.913 bits per heavy atom. The maximum Gasteiger partial charge on any atom is 0.186 e. The molecule has 0 aliphatic heterocycles. The first kappa shape index (κ1) is 14.9. The maximum absolute atomic E-state index is 8.69. The molecule has 0 saturated carbocycles. The third kappa shape index (κ3) is 4.25. The average Bonchev–Trinajstić information content (AvgIpc) is 2.60. The van der Waals surface area contributed by atoms with E-state index in [1.807, 2.05) is 54.6 Å². The monoisotopic (exact) mass is 308 g/mol. The van der Waals surface area contributed by atoms with Crippen molar-refractivity contribution < 1.29 is 19.3 Å². The number of benzene rings is 3. The lowest BCUT2D eigenvalue weighted by Gasteiger charge is -2.09. The summed E-state index contributed by atoms with van der Waals surface area (Å²) in [6.45, 7) is -0.344. The number of aliphatic hydroxyl groups is 1. The van der Waals surface area contributed by atoms with Gasteiger partial charge in [-0.05, 0) is 60.7 Å². The van der Waals surface area contributed by atoms with Crippen LogP contribution in [0.2, 0.25) is 0 Å². The lowest BCUT2D eigenvalue weighted by atomic mass is 10.3. The number of hydrogen-bond acceptors (Lipinski definition) is 4. The van der Waals surface area contributed by atoms with Crippen LogP contribution in [-0.2, 0) is 0 Å². The van der Waals surface area contributed by atoms with Gasteiger partial charge in [0.2, 0.25) is 0 Å². The Labute approximate surface area is 134 Å².